The Morgan fingerprint density at radius 2 is 1.81 bits per heavy atom. The van der Waals surface area contributed by atoms with Gasteiger partial charge in [0, 0.05) is 31.1 Å². The fraction of sp³-hybridized carbons (Fsp3) is 0.500. The zero-order chi connectivity index (χ0) is 19.1. The molecule has 5 heteroatoms. The Morgan fingerprint density at radius 3 is 2.44 bits per heavy atom. The van der Waals surface area contributed by atoms with Crippen molar-refractivity contribution < 1.29 is 4.79 Å². The number of hydrogen-bond donors (Lipinski definition) is 1. The van der Waals surface area contributed by atoms with Crippen LogP contribution in [0, 0.1) is 12.8 Å². The van der Waals surface area contributed by atoms with Crippen molar-refractivity contribution in [1.29, 1.82) is 0 Å². The number of carbonyl (C=O) groups excluding carboxylic acids is 1. The summed E-state index contributed by atoms with van der Waals surface area (Å²) in [6, 6.07) is 12.4. The van der Waals surface area contributed by atoms with E-state index in [1.54, 1.807) is 0 Å². The lowest BCUT2D eigenvalue weighted by Crippen LogP contribution is -2.41. The molecule has 1 amide bonds. The van der Waals surface area contributed by atoms with E-state index in [9.17, 15) is 4.79 Å². The van der Waals surface area contributed by atoms with E-state index in [2.05, 4.69) is 58.5 Å². The molecule has 1 aromatic heterocycles. The van der Waals surface area contributed by atoms with Gasteiger partial charge in [-0.25, -0.2) is 0 Å². The van der Waals surface area contributed by atoms with Crippen LogP contribution in [0.4, 0.5) is 5.82 Å². The third-order valence-corrected chi connectivity index (χ3v) is 5.27. The van der Waals surface area contributed by atoms with Gasteiger partial charge in [-0.05, 0) is 38.3 Å². The first-order valence-corrected chi connectivity index (χ1v) is 10.1. The van der Waals surface area contributed by atoms with E-state index in [4.69, 9.17) is 0 Å². The van der Waals surface area contributed by atoms with Gasteiger partial charge in [0.15, 0.2) is 5.82 Å². The number of rotatable bonds is 7. The Hall–Kier alpha value is -2.43. The van der Waals surface area contributed by atoms with Gasteiger partial charge < -0.3 is 10.2 Å². The molecule has 0 aliphatic carbocycles. The van der Waals surface area contributed by atoms with E-state index in [0.717, 1.165) is 56.0 Å². The minimum absolute atomic E-state index is 0.127. The predicted molar refractivity (Wildman–Crippen MR) is 110 cm³/mol. The smallest absolute Gasteiger partial charge is 0.223 e. The van der Waals surface area contributed by atoms with Gasteiger partial charge >= 0.3 is 0 Å². The molecule has 0 atom stereocenters. The summed E-state index contributed by atoms with van der Waals surface area (Å²) in [4.78, 5) is 14.5. The molecule has 0 unspecified atom stereocenters. The molecule has 1 aromatic carbocycles. The van der Waals surface area contributed by atoms with Crippen molar-refractivity contribution in [2.45, 2.75) is 46.0 Å². The monoisotopic (exact) mass is 366 g/mol. The maximum atomic E-state index is 12.3. The maximum Gasteiger partial charge on any atom is 0.223 e. The Morgan fingerprint density at radius 1 is 1.07 bits per heavy atom. The number of anilines is 1. The largest absolute Gasteiger partial charge is 0.356 e. The van der Waals surface area contributed by atoms with E-state index in [1.165, 1.54) is 18.4 Å². The summed E-state index contributed by atoms with van der Waals surface area (Å²) in [5, 5.41) is 11.9. The highest BCUT2D eigenvalue weighted by Gasteiger charge is 2.25. The first kappa shape index (κ1) is 19.3. The molecule has 1 saturated heterocycles. The van der Waals surface area contributed by atoms with Gasteiger partial charge in [-0.3, -0.25) is 4.79 Å². The lowest BCUT2D eigenvalue weighted by Gasteiger charge is -2.31. The maximum absolute atomic E-state index is 12.3. The fourth-order valence-electron chi connectivity index (χ4n) is 3.47. The van der Waals surface area contributed by atoms with E-state index in [-0.39, 0.29) is 11.8 Å². The molecule has 1 aliphatic heterocycles. The van der Waals surface area contributed by atoms with Gasteiger partial charge in [0.1, 0.15) is 0 Å². The zero-order valence-electron chi connectivity index (χ0n) is 16.4. The molecule has 2 heterocycles. The minimum Gasteiger partial charge on any atom is -0.356 e. The van der Waals surface area contributed by atoms with Crippen molar-refractivity contribution in [3.05, 3.63) is 42.0 Å². The molecule has 5 nitrogen and oxygen atoms in total. The molecule has 2 aromatic rings. The van der Waals surface area contributed by atoms with Crippen molar-refractivity contribution in [2.75, 3.05) is 24.5 Å². The molecule has 3 rings (SSSR count). The van der Waals surface area contributed by atoms with Crippen molar-refractivity contribution in [1.82, 2.24) is 15.5 Å². The van der Waals surface area contributed by atoms with Gasteiger partial charge in [-0.1, -0.05) is 49.6 Å². The third kappa shape index (κ3) is 5.28. The molecule has 0 saturated carbocycles. The standard InChI is InChI=1S/C22H30N4O/c1-3-4-5-14-23-22(27)19-12-15-26(16-13-19)21-11-10-20(24-25-21)18-8-6-17(2)7-9-18/h6-11,19H,3-5,12-16H2,1-2H3,(H,23,27). The molecular formula is C22H30N4O. The van der Waals surface area contributed by atoms with E-state index in [1.807, 2.05) is 12.1 Å². The Balaban J connectivity index is 1.50. The average molecular weight is 367 g/mol. The van der Waals surface area contributed by atoms with Crippen LogP contribution in [0.25, 0.3) is 11.3 Å². The fourth-order valence-corrected chi connectivity index (χ4v) is 3.47. The Labute approximate surface area is 162 Å². The Bertz CT molecular complexity index is 719. The Kier molecular flexibility index (Phi) is 6.80. The van der Waals surface area contributed by atoms with Gasteiger partial charge in [0.05, 0.1) is 5.69 Å². The zero-order valence-corrected chi connectivity index (χ0v) is 16.4. The van der Waals surface area contributed by atoms with Crippen LogP contribution in [0.2, 0.25) is 0 Å². The number of unbranched alkanes of at least 4 members (excludes halogenated alkanes) is 2. The van der Waals surface area contributed by atoms with E-state index in [0.29, 0.717) is 0 Å². The normalized spacial score (nSPS) is 15.0. The quantitative estimate of drug-likeness (QED) is 0.753. The number of aromatic nitrogens is 2. The number of nitrogens with one attached hydrogen (secondary N) is 1. The molecule has 0 bridgehead atoms. The average Bonchev–Trinajstić information content (AvgIpc) is 2.72. The minimum atomic E-state index is 0.127. The van der Waals surface area contributed by atoms with Crippen LogP contribution in [-0.4, -0.2) is 35.7 Å². The number of carbonyl (C=O) groups is 1. The number of benzene rings is 1. The molecule has 144 valence electrons. The second-order valence-electron chi connectivity index (χ2n) is 7.40. The third-order valence-electron chi connectivity index (χ3n) is 5.27. The topological polar surface area (TPSA) is 58.1 Å². The predicted octanol–water partition coefficient (Wildman–Crippen LogP) is 3.97. The van der Waals surface area contributed by atoms with Crippen LogP contribution in [-0.2, 0) is 4.79 Å². The summed E-state index contributed by atoms with van der Waals surface area (Å²) in [5.41, 5.74) is 3.21. The lowest BCUT2D eigenvalue weighted by molar-refractivity contribution is -0.125. The summed E-state index contributed by atoms with van der Waals surface area (Å²) in [5.74, 6) is 1.24. The number of nitrogens with zero attached hydrogens (tertiary/aromatic N) is 3. The van der Waals surface area contributed by atoms with Crippen LogP contribution < -0.4 is 10.2 Å². The second kappa shape index (κ2) is 9.49. The van der Waals surface area contributed by atoms with Crippen LogP contribution >= 0.6 is 0 Å². The summed E-state index contributed by atoms with van der Waals surface area (Å²) in [6.07, 6.45) is 5.18. The molecule has 1 N–H and O–H groups in total. The van der Waals surface area contributed by atoms with Gasteiger partial charge in [0.25, 0.3) is 0 Å². The van der Waals surface area contributed by atoms with Crippen molar-refractivity contribution >= 4 is 11.7 Å². The van der Waals surface area contributed by atoms with Crippen LogP contribution in [0.3, 0.4) is 0 Å². The van der Waals surface area contributed by atoms with Gasteiger partial charge in [0.2, 0.25) is 5.91 Å². The van der Waals surface area contributed by atoms with Crippen molar-refractivity contribution in [2.24, 2.45) is 5.92 Å². The van der Waals surface area contributed by atoms with Gasteiger partial charge in [-0.15, -0.1) is 10.2 Å². The first-order chi connectivity index (χ1) is 13.2. The van der Waals surface area contributed by atoms with Crippen molar-refractivity contribution in [3.8, 4) is 11.3 Å². The molecule has 27 heavy (non-hydrogen) atoms. The van der Waals surface area contributed by atoms with E-state index < -0.39 is 0 Å². The molecule has 0 radical (unpaired) electrons. The number of hydrogen-bond acceptors (Lipinski definition) is 4. The number of piperidine rings is 1. The molecule has 0 spiro atoms. The number of aryl methyl sites for hydroxylation is 1. The molecular weight excluding hydrogens is 336 g/mol. The second-order valence-corrected chi connectivity index (χ2v) is 7.40. The highest BCUT2D eigenvalue weighted by Crippen LogP contribution is 2.23. The van der Waals surface area contributed by atoms with Crippen LogP contribution in [0.1, 0.15) is 44.6 Å². The summed E-state index contributed by atoms with van der Waals surface area (Å²) >= 11 is 0. The summed E-state index contributed by atoms with van der Waals surface area (Å²) in [6.45, 7) is 6.76. The van der Waals surface area contributed by atoms with Crippen molar-refractivity contribution in [3.63, 3.8) is 0 Å². The summed E-state index contributed by atoms with van der Waals surface area (Å²) < 4.78 is 0. The summed E-state index contributed by atoms with van der Waals surface area (Å²) in [7, 11) is 0. The first-order valence-electron chi connectivity index (χ1n) is 10.1. The highest BCUT2D eigenvalue weighted by atomic mass is 16.1. The molecule has 1 fully saturated rings. The van der Waals surface area contributed by atoms with Gasteiger partial charge in [-0.2, -0.15) is 0 Å². The SMILES string of the molecule is CCCCCNC(=O)C1CCN(c2ccc(-c3ccc(C)cc3)nn2)CC1. The molecule has 1 aliphatic rings. The lowest BCUT2D eigenvalue weighted by atomic mass is 9.96. The van der Waals surface area contributed by atoms with Crippen LogP contribution in [0.5, 0.6) is 0 Å². The van der Waals surface area contributed by atoms with Crippen LogP contribution in [0.15, 0.2) is 36.4 Å². The highest BCUT2D eigenvalue weighted by molar-refractivity contribution is 5.78. The number of amides is 1. The van der Waals surface area contributed by atoms with E-state index >= 15 is 0 Å².